The van der Waals surface area contributed by atoms with E-state index in [1.165, 1.54) is 44.1 Å². The van der Waals surface area contributed by atoms with Gasteiger partial charge in [-0.3, -0.25) is 4.79 Å². The highest BCUT2D eigenvalue weighted by atomic mass is 16.5. The summed E-state index contributed by atoms with van der Waals surface area (Å²) in [7, 11) is 1.76. The lowest BCUT2D eigenvalue weighted by atomic mass is 9.50. The molecule has 2 fully saturated rings. The van der Waals surface area contributed by atoms with Crippen LogP contribution in [0.5, 0.6) is 5.75 Å². The number of aryl methyl sites for hydroxylation is 1. The van der Waals surface area contributed by atoms with Gasteiger partial charge in [0.1, 0.15) is 12.4 Å². The maximum absolute atomic E-state index is 12.6. The number of hydrogen-bond acceptors (Lipinski definition) is 3. The van der Waals surface area contributed by atoms with E-state index in [0.717, 1.165) is 29.6 Å². The van der Waals surface area contributed by atoms with Gasteiger partial charge in [-0.1, -0.05) is 50.2 Å². The molecule has 5 rings (SSSR count). The number of esters is 1. The Kier molecular flexibility index (Phi) is 6.01. The minimum Gasteiger partial charge on any atom is -0.497 e. The van der Waals surface area contributed by atoms with E-state index in [-0.39, 0.29) is 11.4 Å². The number of hydrogen-bond donors (Lipinski definition) is 0. The molecular formula is C30H38O3. The van der Waals surface area contributed by atoms with Crippen LogP contribution in [0.25, 0.3) is 0 Å². The fraction of sp³-hybridized carbons (Fsp3) is 0.567. The van der Waals surface area contributed by atoms with Crippen LogP contribution in [-0.4, -0.2) is 13.1 Å². The first-order chi connectivity index (χ1) is 15.9. The Morgan fingerprint density at radius 1 is 1.03 bits per heavy atom. The van der Waals surface area contributed by atoms with Crippen molar-refractivity contribution in [3.63, 3.8) is 0 Å². The summed E-state index contributed by atoms with van der Waals surface area (Å²) < 4.78 is 11.1. The fourth-order valence-corrected chi connectivity index (χ4v) is 7.65. The second-order valence-corrected chi connectivity index (χ2v) is 11.2. The molecule has 3 aliphatic carbocycles. The molecule has 176 valence electrons. The number of methoxy groups -OCH3 is 1. The molecular weight excluding hydrogens is 408 g/mol. The summed E-state index contributed by atoms with van der Waals surface area (Å²) in [6, 6.07) is 16.7. The third kappa shape index (κ3) is 3.98. The Labute approximate surface area is 198 Å². The lowest BCUT2D eigenvalue weighted by molar-refractivity contribution is -0.146. The molecule has 33 heavy (non-hydrogen) atoms. The van der Waals surface area contributed by atoms with Crippen molar-refractivity contribution in [2.45, 2.75) is 77.7 Å². The number of carbonyl (C=O) groups is 1. The number of ether oxygens (including phenoxy) is 2. The maximum atomic E-state index is 12.6. The summed E-state index contributed by atoms with van der Waals surface area (Å²) in [6.07, 6.45) is 9.01. The first-order valence-electron chi connectivity index (χ1n) is 12.8. The molecule has 2 saturated carbocycles. The summed E-state index contributed by atoms with van der Waals surface area (Å²) in [5, 5.41) is 0. The topological polar surface area (TPSA) is 35.5 Å². The Morgan fingerprint density at radius 2 is 1.85 bits per heavy atom. The number of carbonyl (C=O) groups excluding carboxylic acids is 1. The molecule has 3 heteroatoms. The molecule has 2 aromatic carbocycles. The second kappa shape index (κ2) is 8.81. The molecule has 0 amide bonds. The molecule has 5 atom stereocenters. The smallest absolute Gasteiger partial charge is 0.306 e. The van der Waals surface area contributed by atoms with Gasteiger partial charge in [0.15, 0.2) is 0 Å². The van der Waals surface area contributed by atoms with Gasteiger partial charge in [0, 0.05) is 6.42 Å². The van der Waals surface area contributed by atoms with Crippen LogP contribution in [0.4, 0.5) is 0 Å². The highest BCUT2D eigenvalue weighted by Gasteiger charge is 2.59. The molecule has 3 nitrogen and oxygen atoms in total. The molecule has 0 radical (unpaired) electrons. The Balaban J connectivity index is 1.25. The standard InChI is InChI=1S/C30H38O3/c1-29(17-15-28(31)33-20-21-7-5-4-6-8-21)16-14-27-26-11-9-22-19-23(32-3)10-12-24(22)25(26)13-18-30(27,29)2/h4-8,10,12,19,25-27H,9,11,13-18,20H2,1-3H3/t25-,26-,27+,29+,30+/m1/s1. The summed E-state index contributed by atoms with van der Waals surface area (Å²) in [5.74, 6) is 3.16. The Bertz CT molecular complexity index is 999. The predicted octanol–water partition coefficient (Wildman–Crippen LogP) is 7.08. The lowest BCUT2D eigenvalue weighted by Crippen LogP contribution is -2.46. The van der Waals surface area contributed by atoms with Crippen LogP contribution in [0, 0.1) is 22.7 Å². The van der Waals surface area contributed by atoms with Gasteiger partial charge in [0.2, 0.25) is 0 Å². The lowest BCUT2D eigenvalue weighted by Gasteiger charge is -2.54. The van der Waals surface area contributed by atoms with Gasteiger partial charge in [0.25, 0.3) is 0 Å². The zero-order chi connectivity index (χ0) is 23.1. The molecule has 3 aliphatic rings. The summed E-state index contributed by atoms with van der Waals surface area (Å²) >= 11 is 0. The second-order valence-electron chi connectivity index (χ2n) is 11.2. The van der Waals surface area contributed by atoms with Crippen molar-refractivity contribution >= 4 is 5.97 Å². The van der Waals surface area contributed by atoms with E-state index in [9.17, 15) is 4.79 Å². The quantitative estimate of drug-likeness (QED) is 0.445. The largest absolute Gasteiger partial charge is 0.497 e. The molecule has 0 spiro atoms. The van der Waals surface area contributed by atoms with Crippen LogP contribution in [0.15, 0.2) is 48.5 Å². The molecule has 0 aliphatic heterocycles. The Morgan fingerprint density at radius 3 is 2.64 bits per heavy atom. The third-order valence-corrected chi connectivity index (χ3v) is 9.83. The highest BCUT2D eigenvalue weighted by molar-refractivity contribution is 5.69. The van der Waals surface area contributed by atoms with Gasteiger partial charge < -0.3 is 9.47 Å². The van der Waals surface area contributed by atoms with Crippen molar-refractivity contribution in [3.05, 3.63) is 65.2 Å². The first-order valence-corrected chi connectivity index (χ1v) is 12.8. The monoisotopic (exact) mass is 446 g/mol. The van der Waals surface area contributed by atoms with Gasteiger partial charge in [-0.25, -0.2) is 0 Å². The van der Waals surface area contributed by atoms with E-state index < -0.39 is 0 Å². The van der Waals surface area contributed by atoms with Gasteiger partial charge in [-0.05, 0) is 102 Å². The van der Waals surface area contributed by atoms with Gasteiger partial charge in [0.05, 0.1) is 7.11 Å². The van der Waals surface area contributed by atoms with Crippen LogP contribution in [-0.2, 0) is 22.6 Å². The van der Waals surface area contributed by atoms with Crippen molar-refractivity contribution in [3.8, 4) is 5.75 Å². The molecule has 0 saturated heterocycles. The third-order valence-electron chi connectivity index (χ3n) is 9.83. The predicted molar refractivity (Wildman–Crippen MR) is 131 cm³/mol. The van der Waals surface area contributed by atoms with Crippen LogP contribution in [0.3, 0.4) is 0 Å². The highest BCUT2D eigenvalue weighted by Crippen LogP contribution is 2.68. The van der Waals surface area contributed by atoms with Crippen molar-refractivity contribution in [1.29, 1.82) is 0 Å². The minimum absolute atomic E-state index is 0.0543. The first kappa shape index (κ1) is 22.5. The van der Waals surface area contributed by atoms with E-state index in [4.69, 9.17) is 9.47 Å². The molecule has 0 unspecified atom stereocenters. The average Bonchev–Trinajstić information content (AvgIpc) is 3.12. The van der Waals surface area contributed by atoms with Crippen molar-refractivity contribution in [2.24, 2.45) is 22.7 Å². The van der Waals surface area contributed by atoms with Gasteiger partial charge in [-0.2, -0.15) is 0 Å². The van der Waals surface area contributed by atoms with Crippen molar-refractivity contribution < 1.29 is 14.3 Å². The maximum Gasteiger partial charge on any atom is 0.306 e. The molecule has 2 aromatic rings. The molecule has 0 N–H and O–H groups in total. The average molecular weight is 447 g/mol. The summed E-state index contributed by atoms with van der Waals surface area (Å²) in [4.78, 5) is 12.6. The zero-order valence-corrected chi connectivity index (χ0v) is 20.4. The summed E-state index contributed by atoms with van der Waals surface area (Å²) in [5.41, 5.74) is 4.67. The van der Waals surface area contributed by atoms with Gasteiger partial charge in [-0.15, -0.1) is 0 Å². The van der Waals surface area contributed by atoms with Crippen LogP contribution in [0.2, 0.25) is 0 Å². The van der Waals surface area contributed by atoms with Crippen molar-refractivity contribution in [1.82, 2.24) is 0 Å². The van der Waals surface area contributed by atoms with Crippen molar-refractivity contribution in [2.75, 3.05) is 7.11 Å². The number of fused-ring (bicyclic) bond motifs is 5. The van der Waals surface area contributed by atoms with Crippen LogP contribution >= 0.6 is 0 Å². The fourth-order valence-electron chi connectivity index (χ4n) is 7.65. The van der Waals surface area contributed by atoms with E-state index in [2.05, 4.69) is 32.0 Å². The van der Waals surface area contributed by atoms with Crippen LogP contribution < -0.4 is 4.74 Å². The van der Waals surface area contributed by atoms with E-state index in [1.54, 1.807) is 12.7 Å². The van der Waals surface area contributed by atoms with Crippen LogP contribution in [0.1, 0.15) is 81.4 Å². The van der Waals surface area contributed by atoms with Gasteiger partial charge >= 0.3 is 5.97 Å². The minimum atomic E-state index is -0.0543. The van der Waals surface area contributed by atoms with E-state index in [0.29, 0.717) is 24.4 Å². The van der Waals surface area contributed by atoms with E-state index >= 15 is 0 Å². The molecule has 0 aromatic heterocycles. The number of rotatable bonds is 6. The summed E-state index contributed by atoms with van der Waals surface area (Å²) in [6.45, 7) is 5.38. The Hall–Kier alpha value is -2.29. The zero-order valence-electron chi connectivity index (χ0n) is 20.4. The SMILES string of the molecule is COc1ccc2c(c1)CC[C@@H]1[C@@H]2CC[C@@]2(C)[C@H]1CC[C@@]2(C)CCC(=O)OCc1ccccc1. The molecule has 0 bridgehead atoms. The molecule has 0 heterocycles. The normalized spacial score (nSPS) is 32.4. The van der Waals surface area contributed by atoms with E-state index in [1.807, 2.05) is 30.3 Å². The number of benzene rings is 2.